The van der Waals surface area contributed by atoms with Gasteiger partial charge in [0.2, 0.25) is 5.78 Å². The minimum absolute atomic E-state index is 0.0723. The fourth-order valence-electron chi connectivity index (χ4n) is 4.25. The number of nitrogens with one attached hydrogen (secondary N) is 1. The van der Waals surface area contributed by atoms with Crippen LogP contribution in [0.1, 0.15) is 45.1 Å². The van der Waals surface area contributed by atoms with E-state index in [0.717, 1.165) is 31.8 Å². The van der Waals surface area contributed by atoms with Gasteiger partial charge in [0.25, 0.3) is 5.91 Å². The maximum absolute atomic E-state index is 13.5. The Bertz CT molecular complexity index is 674. The molecule has 0 saturated heterocycles. The molecule has 4 heteroatoms. The molecule has 1 aromatic rings. The number of halogens is 1. The SMILES string of the molecule is CC12CCC(CC1)[C@]2(C)NC(=O)C(=O)/C=C/c1ccccc1F. The number of ketones is 1. The van der Waals surface area contributed by atoms with Crippen LogP contribution in [0.25, 0.3) is 6.08 Å². The third-order valence-electron chi connectivity index (χ3n) is 6.08. The highest BCUT2D eigenvalue weighted by molar-refractivity contribution is 6.41. The molecule has 0 aliphatic heterocycles. The minimum atomic E-state index is -0.635. The number of benzene rings is 1. The lowest BCUT2D eigenvalue weighted by Gasteiger charge is -2.38. The van der Waals surface area contributed by atoms with E-state index in [2.05, 4.69) is 19.2 Å². The summed E-state index contributed by atoms with van der Waals surface area (Å²) in [5.74, 6) is -1.20. The van der Waals surface area contributed by atoms with E-state index >= 15 is 0 Å². The third kappa shape index (κ3) is 2.60. The molecular weight excluding hydrogens is 293 g/mol. The lowest BCUT2D eigenvalue weighted by atomic mass is 9.76. The molecular formula is C19H22FNO2. The average molecular weight is 315 g/mol. The highest BCUT2D eigenvalue weighted by Gasteiger charge is 2.59. The van der Waals surface area contributed by atoms with Gasteiger partial charge in [0.15, 0.2) is 0 Å². The van der Waals surface area contributed by atoms with Crippen LogP contribution in [-0.2, 0) is 9.59 Å². The summed E-state index contributed by atoms with van der Waals surface area (Å²) in [7, 11) is 0. The van der Waals surface area contributed by atoms with E-state index in [1.165, 1.54) is 12.1 Å². The van der Waals surface area contributed by atoms with E-state index in [0.29, 0.717) is 11.5 Å². The molecule has 3 rings (SSSR count). The second kappa shape index (κ2) is 5.59. The Morgan fingerprint density at radius 1 is 1.22 bits per heavy atom. The highest BCUT2D eigenvalue weighted by Crippen LogP contribution is 2.60. The summed E-state index contributed by atoms with van der Waals surface area (Å²) in [5, 5.41) is 2.97. The van der Waals surface area contributed by atoms with Crippen molar-refractivity contribution in [3.63, 3.8) is 0 Å². The Morgan fingerprint density at radius 3 is 2.43 bits per heavy atom. The third-order valence-corrected chi connectivity index (χ3v) is 6.08. The molecule has 0 radical (unpaired) electrons. The summed E-state index contributed by atoms with van der Waals surface area (Å²) < 4.78 is 13.5. The van der Waals surface area contributed by atoms with Crippen LogP contribution in [0.4, 0.5) is 4.39 Å². The van der Waals surface area contributed by atoms with Gasteiger partial charge in [-0.15, -0.1) is 0 Å². The van der Waals surface area contributed by atoms with Crippen LogP contribution < -0.4 is 5.32 Å². The van der Waals surface area contributed by atoms with Crippen molar-refractivity contribution in [1.82, 2.24) is 5.32 Å². The van der Waals surface area contributed by atoms with Gasteiger partial charge >= 0.3 is 0 Å². The van der Waals surface area contributed by atoms with E-state index in [1.807, 2.05) is 0 Å². The van der Waals surface area contributed by atoms with Crippen molar-refractivity contribution in [3.05, 3.63) is 41.7 Å². The van der Waals surface area contributed by atoms with Crippen molar-refractivity contribution < 1.29 is 14.0 Å². The van der Waals surface area contributed by atoms with Gasteiger partial charge in [0.05, 0.1) is 0 Å². The Labute approximate surface area is 136 Å². The number of hydrogen-bond donors (Lipinski definition) is 1. The first-order valence-electron chi connectivity index (χ1n) is 8.15. The maximum atomic E-state index is 13.5. The van der Waals surface area contributed by atoms with Crippen molar-refractivity contribution in [3.8, 4) is 0 Å². The molecule has 2 fully saturated rings. The van der Waals surface area contributed by atoms with E-state index in [-0.39, 0.29) is 11.0 Å². The van der Waals surface area contributed by atoms with Gasteiger partial charge in [-0.2, -0.15) is 0 Å². The number of carbonyl (C=O) groups excluding carboxylic acids is 2. The first-order chi connectivity index (χ1) is 10.9. The molecule has 1 aromatic carbocycles. The summed E-state index contributed by atoms with van der Waals surface area (Å²) >= 11 is 0. The number of fused-ring (bicyclic) bond motifs is 2. The van der Waals surface area contributed by atoms with E-state index in [4.69, 9.17) is 0 Å². The number of carbonyl (C=O) groups is 2. The fourth-order valence-corrected chi connectivity index (χ4v) is 4.25. The van der Waals surface area contributed by atoms with Crippen LogP contribution in [0.2, 0.25) is 0 Å². The zero-order valence-corrected chi connectivity index (χ0v) is 13.6. The Balaban J connectivity index is 1.69. The summed E-state index contributed by atoms with van der Waals surface area (Å²) in [6.45, 7) is 4.25. The summed E-state index contributed by atoms with van der Waals surface area (Å²) in [5.41, 5.74) is 0.0572. The minimum Gasteiger partial charge on any atom is -0.343 e. The second-order valence-corrected chi connectivity index (χ2v) is 7.21. The Morgan fingerprint density at radius 2 is 1.87 bits per heavy atom. The van der Waals surface area contributed by atoms with Gasteiger partial charge in [0, 0.05) is 11.1 Å². The molecule has 0 aromatic heterocycles. The number of hydrogen-bond acceptors (Lipinski definition) is 2. The lowest BCUT2D eigenvalue weighted by Crippen LogP contribution is -2.55. The second-order valence-electron chi connectivity index (χ2n) is 7.21. The smallest absolute Gasteiger partial charge is 0.292 e. The Kier molecular flexibility index (Phi) is 3.86. The predicted octanol–water partition coefficient (Wildman–Crippen LogP) is 3.49. The van der Waals surface area contributed by atoms with Gasteiger partial charge in [-0.25, -0.2) is 4.39 Å². The molecule has 3 nitrogen and oxygen atoms in total. The van der Waals surface area contributed by atoms with Gasteiger partial charge in [0.1, 0.15) is 5.82 Å². The molecule has 2 aliphatic rings. The molecule has 0 heterocycles. The molecule has 0 unspecified atom stereocenters. The molecule has 1 atom stereocenters. The van der Waals surface area contributed by atoms with Crippen molar-refractivity contribution in [2.24, 2.45) is 11.3 Å². The van der Waals surface area contributed by atoms with Gasteiger partial charge in [-0.3, -0.25) is 9.59 Å². The molecule has 2 aliphatic carbocycles. The molecule has 23 heavy (non-hydrogen) atoms. The van der Waals surface area contributed by atoms with Gasteiger partial charge in [-0.05, 0) is 62.2 Å². The van der Waals surface area contributed by atoms with Crippen LogP contribution in [0, 0.1) is 17.2 Å². The molecule has 122 valence electrons. The zero-order valence-electron chi connectivity index (χ0n) is 13.6. The van der Waals surface area contributed by atoms with E-state index < -0.39 is 17.5 Å². The topological polar surface area (TPSA) is 46.2 Å². The average Bonchev–Trinajstić information content (AvgIpc) is 2.90. The predicted molar refractivity (Wildman–Crippen MR) is 87.1 cm³/mol. The Hall–Kier alpha value is -1.97. The number of rotatable bonds is 4. The summed E-state index contributed by atoms with van der Waals surface area (Å²) in [4.78, 5) is 24.3. The standard InChI is InChI=1S/C19H22FNO2/c1-18-11-9-14(10-12-18)19(18,2)21-17(23)16(22)8-7-13-5-3-4-6-15(13)20/h3-8,14H,9-12H2,1-2H3,(H,21,23)/b8-7+/t14?,18?,19-/m0/s1. The van der Waals surface area contributed by atoms with Crippen LogP contribution >= 0.6 is 0 Å². The van der Waals surface area contributed by atoms with Crippen molar-refractivity contribution >= 4 is 17.8 Å². The van der Waals surface area contributed by atoms with Crippen LogP contribution in [0.3, 0.4) is 0 Å². The maximum Gasteiger partial charge on any atom is 0.292 e. The van der Waals surface area contributed by atoms with Crippen molar-refractivity contribution in [2.45, 2.75) is 45.1 Å². The van der Waals surface area contributed by atoms with E-state index in [1.54, 1.807) is 18.2 Å². The first kappa shape index (κ1) is 15.9. The van der Waals surface area contributed by atoms with Crippen molar-refractivity contribution in [2.75, 3.05) is 0 Å². The lowest BCUT2D eigenvalue weighted by molar-refractivity contribution is -0.137. The van der Waals surface area contributed by atoms with Gasteiger partial charge < -0.3 is 5.32 Å². The molecule has 1 amide bonds. The summed E-state index contributed by atoms with van der Waals surface area (Å²) in [6, 6.07) is 6.16. The van der Waals surface area contributed by atoms with Crippen LogP contribution in [-0.4, -0.2) is 17.2 Å². The molecule has 2 bridgehead atoms. The largest absolute Gasteiger partial charge is 0.343 e. The van der Waals surface area contributed by atoms with Crippen molar-refractivity contribution in [1.29, 1.82) is 0 Å². The highest BCUT2D eigenvalue weighted by atomic mass is 19.1. The van der Waals surface area contributed by atoms with Crippen LogP contribution in [0.15, 0.2) is 30.3 Å². The molecule has 0 spiro atoms. The molecule has 2 saturated carbocycles. The fraction of sp³-hybridized carbons (Fsp3) is 0.474. The summed E-state index contributed by atoms with van der Waals surface area (Å²) in [6.07, 6.45) is 6.89. The monoisotopic (exact) mass is 315 g/mol. The van der Waals surface area contributed by atoms with Gasteiger partial charge in [-0.1, -0.05) is 25.1 Å². The first-order valence-corrected chi connectivity index (χ1v) is 8.15. The molecule has 1 N–H and O–H groups in total. The quantitative estimate of drug-likeness (QED) is 0.683. The zero-order chi connectivity index (χ0) is 16.7. The number of amides is 1. The normalized spacial score (nSPS) is 32.4. The van der Waals surface area contributed by atoms with E-state index in [9.17, 15) is 14.0 Å². The van der Waals surface area contributed by atoms with Crippen LogP contribution in [0.5, 0.6) is 0 Å².